The molecule has 0 saturated carbocycles. The highest BCUT2D eigenvalue weighted by Crippen LogP contribution is 2.37. The summed E-state index contributed by atoms with van der Waals surface area (Å²) >= 11 is 0. The minimum absolute atomic E-state index is 0.850. The number of quaternary nitrogens is 1. The van der Waals surface area contributed by atoms with Gasteiger partial charge in [-0.15, -0.1) is 0 Å². The molecule has 2 N–H and O–H groups in total. The van der Waals surface area contributed by atoms with E-state index in [0.717, 1.165) is 11.1 Å². The maximum atomic E-state index is 5.31. The van der Waals surface area contributed by atoms with Crippen LogP contribution in [-0.2, 0) is 0 Å². The molecule has 2 aromatic carbocycles. The van der Waals surface area contributed by atoms with E-state index in [4.69, 9.17) is 4.42 Å². The maximum Gasteiger partial charge on any atom is 0.181 e. The number of para-hydroxylation sites is 1. The van der Waals surface area contributed by atoms with Crippen molar-refractivity contribution in [2.75, 3.05) is 0 Å². The van der Waals surface area contributed by atoms with E-state index in [0.29, 0.717) is 0 Å². The molecule has 0 saturated heterocycles. The van der Waals surface area contributed by atoms with Crippen molar-refractivity contribution in [3.8, 4) is 11.1 Å². The first kappa shape index (κ1) is 8.07. The van der Waals surface area contributed by atoms with Gasteiger partial charge >= 0.3 is 0 Å². The zero-order chi connectivity index (χ0) is 10.5. The Hall–Kier alpha value is -2.13. The van der Waals surface area contributed by atoms with E-state index < -0.39 is 0 Å². The second-order valence-electron chi connectivity index (χ2n) is 3.99. The van der Waals surface area contributed by atoms with Crippen LogP contribution in [0, 0.1) is 0 Å². The molecule has 1 aliphatic heterocycles. The molecule has 3 nitrogen and oxygen atoms in total. The number of rotatable bonds is 0. The van der Waals surface area contributed by atoms with Gasteiger partial charge in [-0.3, -0.25) is 5.32 Å². The summed E-state index contributed by atoms with van der Waals surface area (Å²) < 4.78 is 5.31. The van der Waals surface area contributed by atoms with E-state index in [1.54, 1.807) is 0 Å². The van der Waals surface area contributed by atoms with Gasteiger partial charge in [-0.05, 0) is 12.1 Å². The number of nitrogens with two attached hydrogens (primary N) is 1. The molecule has 3 heteroatoms. The molecule has 1 aromatic heterocycles. The van der Waals surface area contributed by atoms with Gasteiger partial charge in [-0.2, -0.15) is 0 Å². The van der Waals surface area contributed by atoms with Crippen molar-refractivity contribution >= 4 is 22.5 Å². The molecule has 4 rings (SSSR count). The topological polar surface area (TPSA) is 42.6 Å². The maximum absolute atomic E-state index is 5.31. The number of hydrogen-bond acceptors (Lipinski definition) is 2. The fourth-order valence-corrected chi connectivity index (χ4v) is 2.31. The third kappa shape index (κ3) is 0.928. The molecule has 2 heterocycles. The van der Waals surface area contributed by atoms with Gasteiger partial charge in [0.05, 0.1) is 5.56 Å². The van der Waals surface area contributed by atoms with Gasteiger partial charge < -0.3 is 4.42 Å². The van der Waals surface area contributed by atoms with Crippen molar-refractivity contribution in [2.24, 2.45) is 0 Å². The van der Waals surface area contributed by atoms with Crippen LogP contribution in [0.1, 0.15) is 0 Å². The van der Waals surface area contributed by atoms with Crippen LogP contribution in [0.2, 0.25) is 0 Å². The Morgan fingerprint density at radius 1 is 1.00 bits per heavy atom. The van der Waals surface area contributed by atoms with Gasteiger partial charge in [0, 0.05) is 17.7 Å². The molecule has 0 amide bonds. The van der Waals surface area contributed by atoms with Crippen molar-refractivity contribution in [3.05, 3.63) is 42.8 Å². The van der Waals surface area contributed by atoms with Gasteiger partial charge in [-0.25, -0.2) is 4.98 Å². The third-order valence-electron chi connectivity index (χ3n) is 3.06. The molecule has 1 aliphatic rings. The molecule has 16 heavy (non-hydrogen) atoms. The third-order valence-corrected chi connectivity index (χ3v) is 3.06. The first-order valence-corrected chi connectivity index (χ1v) is 5.23. The normalized spacial score (nSPS) is 12.8. The van der Waals surface area contributed by atoms with Crippen molar-refractivity contribution in [1.29, 1.82) is 0 Å². The molecule has 0 spiro atoms. The van der Waals surface area contributed by atoms with Crippen LogP contribution in [0.5, 0.6) is 0 Å². The summed E-state index contributed by atoms with van der Waals surface area (Å²) in [6.45, 7) is 0. The number of fused-ring (bicyclic) bond motifs is 4. The molecule has 0 atom stereocenters. The van der Waals surface area contributed by atoms with Crippen LogP contribution < -0.4 is 5.32 Å². The quantitative estimate of drug-likeness (QED) is 0.452. The highest BCUT2D eigenvalue weighted by atomic mass is 16.3. The Balaban J connectivity index is 2.09. The average Bonchev–Trinajstić information content (AvgIpc) is 2.88. The van der Waals surface area contributed by atoms with Gasteiger partial charge in [0.25, 0.3) is 0 Å². The summed E-state index contributed by atoms with van der Waals surface area (Å²) in [5.41, 5.74) is 6.78. The molecule has 76 valence electrons. The van der Waals surface area contributed by atoms with Crippen LogP contribution in [0.15, 0.2) is 47.2 Å². The Labute approximate surface area is 91.7 Å². The van der Waals surface area contributed by atoms with E-state index in [9.17, 15) is 0 Å². The molecule has 0 aliphatic carbocycles. The molecule has 0 fully saturated rings. The van der Waals surface area contributed by atoms with Crippen LogP contribution >= 0.6 is 0 Å². The van der Waals surface area contributed by atoms with E-state index >= 15 is 0 Å². The standard InChI is InChI=1S/C13H8N2O/c1-2-4-10-8(3-1)9-5-12-13(16-7-14-12)6-11(9)15-10/h1-7,15H/p+1. The fraction of sp³-hybridized carbons (Fsp3) is 0. The largest absolute Gasteiger partial charge is 0.443 e. The fourth-order valence-electron chi connectivity index (χ4n) is 2.31. The van der Waals surface area contributed by atoms with Gasteiger partial charge in [-0.1, -0.05) is 12.1 Å². The van der Waals surface area contributed by atoms with Gasteiger partial charge in [0.1, 0.15) is 16.9 Å². The first-order valence-electron chi connectivity index (χ1n) is 5.23. The molecule has 3 aromatic rings. The summed E-state index contributed by atoms with van der Waals surface area (Å²) in [5, 5.41) is 2.19. The minimum Gasteiger partial charge on any atom is -0.443 e. The summed E-state index contributed by atoms with van der Waals surface area (Å²) in [6, 6.07) is 12.5. The highest BCUT2D eigenvalue weighted by molar-refractivity contribution is 5.92. The van der Waals surface area contributed by atoms with Gasteiger partial charge in [0.2, 0.25) is 0 Å². The van der Waals surface area contributed by atoms with Crippen LogP contribution in [0.25, 0.3) is 22.2 Å². The number of nitrogens with zero attached hydrogens (tertiary/aromatic N) is 1. The molecule has 0 radical (unpaired) electrons. The van der Waals surface area contributed by atoms with Crippen LogP contribution in [-0.4, -0.2) is 4.98 Å². The lowest BCUT2D eigenvalue weighted by Gasteiger charge is -1.93. The number of aromatic nitrogens is 1. The zero-order valence-electron chi connectivity index (χ0n) is 8.47. The predicted molar refractivity (Wildman–Crippen MR) is 60.7 cm³/mol. The number of hydrogen-bond donors (Lipinski definition) is 1. The highest BCUT2D eigenvalue weighted by Gasteiger charge is 2.23. The second-order valence-corrected chi connectivity index (χ2v) is 3.99. The van der Waals surface area contributed by atoms with E-state index in [1.165, 1.54) is 28.9 Å². The SMILES string of the molecule is c1ccc2c(c1)[NH2+]c1cc3ocnc3cc1-2. The van der Waals surface area contributed by atoms with Crippen LogP contribution in [0.4, 0.5) is 11.4 Å². The van der Waals surface area contributed by atoms with Crippen LogP contribution in [0.3, 0.4) is 0 Å². The summed E-state index contributed by atoms with van der Waals surface area (Å²) in [4.78, 5) is 4.19. The number of benzene rings is 2. The lowest BCUT2D eigenvalue weighted by molar-refractivity contribution is -0.473. The van der Waals surface area contributed by atoms with Gasteiger partial charge in [0.15, 0.2) is 12.0 Å². The predicted octanol–water partition coefficient (Wildman–Crippen LogP) is 2.33. The average molecular weight is 209 g/mol. The molecule has 0 bridgehead atoms. The minimum atomic E-state index is 0.850. The first-order chi connectivity index (χ1) is 7.92. The Kier molecular flexibility index (Phi) is 1.37. The van der Waals surface area contributed by atoms with E-state index in [-0.39, 0.29) is 0 Å². The van der Waals surface area contributed by atoms with Crippen molar-refractivity contribution < 1.29 is 9.73 Å². The zero-order valence-corrected chi connectivity index (χ0v) is 8.47. The second kappa shape index (κ2) is 2.71. The molecular formula is C13H9N2O+. The summed E-state index contributed by atoms with van der Waals surface area (Å²) in [5.74, 6) is 0. The van der Waals surface area contributed by atoms with E-state index in [1.807, 2.05) is 0 Å². The monoisotopic (exact) mass is 209 g/mol. The summed E-state index contributed by atoms with van der Waals surface area (Å²) in [6.07, 6.45) is 1.49. The van der Waals surface area contributed by atoms with Crippen molar-refractivity contribution in [3.63, 3.8) is 0 Å². The Morgan fingerprint density at radius 3 is 2.94 bits per heavy atom. The van der Waals surface area contributed by atoms with E-state index in [2.05, 4.69) is 46.7 Å². The van der Waals surface area contributed by atoms with Crippen molar-refractivity contribution in [1.82, 2.24) is 4.98 Å². The number of oxazole rings is 1. The lowest BCUT2D eigenvalue weighted by atomic mass is 10.1. The summed E-state index contributed by atoms with van der Waals surface area (Å²) in [7, 11) is 0. The Bertz CT molecular complexity index is 700. The molecular weight excluding hydrogens is 200 g/mol. The lowest BCUT2D eigenvalue weighted by Crippen LogP contribution is -2.69. The van der Waals surface area contributed by atoms with Crippen molar-refractivity contribution in [2.45, 2.75) is 0 Å². The Morgan fingerprint density at radius 2 is 1.94 bits per heavy atom. The smallest absolute Gasteiger partial charge is 0.181 e. The molecule has 0 unspecified atom stereocenters.